The molecule has 0 radical (unpaired) electrons. The molecule has 3 aromatic rings. The Labute approximate surface area is 121 Å². The summed E-state index contributed by atoms with van der Waals surface area (Å²) in [5.41, 5.74) is 2.75. The summed E-state index contributed by atoms with van der Waals surface area (Å²) in [6.45, 7) is 3.07. The van der Waals surface area contributed by atoms with Crippen LogP contribution in [0.4, 0.5) is 0 Å². The molecule has 20 heavy (non-hydrogen) atoms. The first kappa shape index (κ1) is 12.9. The molecule has 0 spiro atoms. The Bertz CT molecular complexity index is 819. The van der Waals surface area contributed by atoms with Gasteiger partial charge in [-0.3, -0.25) is 14.1 Å². The van der Waals surface area contributed by atoms with Crippen LogP contribution in [0.5, 0.6) is 0 Å². The topological polar surface area (TPSA) is 39.8 Å². The molecule has 0 saturated carbocycles. The van der Waals surface area contributed by atoms with Crippen LogP contribution in [0.15, 0.2) is 47.5 Å². The number of hydrogen-bond acceptors (Lipinski definition) is 2. The highest BCUT2D eigenvalue weighted by molar-refractivity contribution is 6.31. The maximum atomic E-state index is 12.5. The second-order valence-electron chi connectivity index (χ2n) is 4.57. The van der Waals surface area contributed by atoms with Crippen molar-refractivity contribution in [2.75, 3.05) is 0 Å². The number of nitrogens with zero attached hydrogens (tertiary/aromatic N) is 3. The predicted octanol–water partition coefficient (Wildman–Crippen LogP) is 2.92. The quantitative estimate of drug-likeness (QED) is 0.743. The number of imidazole rings is 1. The van der Waals surface area contributed by atoms with Crippen LogP contribution in [-0.2, 0) is 13.1 Å². The van der Waals surface area contributed by atoms with Crippen molar-refractivity contribution in [1.82, 2.24) is 14.1 Å². The van der Waals surface area contributed by atoms with Crippen molar-refractivity contribution in [3.05, 3.63) is 63.8 Å². The molecule has 0 fully saturated rings. The van der Waals surface area contributed by atoms with E-state index in [1.54, 1.807) is 21.5 Å². The third-order valence-corrected chi connectivity index (χ3v) is 3.77. The molecule has 0 aliphatic rings. The molecule has 102 valence electrons. The van der Waals surface area contributed by atoms with Gasteiger partial charge in [0.1, 0.15) is 0 Å². The molecule has 3 rings (SSSR count). The van der Waals surface area contributed by atoms with Gasteiger partial charge >= 0.3 is 5.69 Å². The van der Waals surface area contributed by atoms with E-state index in [4.69, 9.17) is 11.6 Å². The number of benzene rings is 1. The summed E-state index contributed by atoms with van der Waals surface area (Å²) < 4.78 is 3.52. The zero-order valence-electron chi connectivity index (χ0n) is 11.1. The largest absolute Gasteiger partial charge is 0.329 e. The van der Waals surface area contributed by atoms with Crippen molar-refractivity contribution in [3.8, 4) is 0 Å². The average Bonchev–Trinajstić information content (AvgIpc) is 2.74. The highest BCUT2D eigenvalue weighted by atomic mass is 35.5. The summed E-state index contributed by atoms with van der Waals surface area (Å²) in [6, 6.07) is 9.64. The van der Waals surface area contributed by atoms with Gasteiger partial charge < -0.3 is 0 Å². The highest BCUT2D eigenvalue weighted by Gasteiger charge is 2.12. The van der Waals surface area contributed by atoms with Gasteiger partial charge in [0, 0.05) is 18.9 Å². The Hall–Kier alpha value is -2.07. The zero-order valence-corrected chi connectivity index (χ0v) is 11.8. The number of pyridine rings is 1. The second kappa shape index (κ2) is 5.13. The van der Waals surface area contributed by atoms with E-state index < -0.39 is 0 Å². The Morgan fingerprint density at radius 3 is 2.50 bits per heavy atom. The van der Waals surface area contributed by atoms with Crippen molar-refractivity contribution in [3.63, 3.8) is 0 Å². The molecule has 0 aliphatic heterocycles. The molecule has 0 N–H and O–H groups in total. The molecule has 4 nitrogen and oxygen atoms in total. The Kier molecular flexibility index (Phi) is 3.32. The van der Waals surface area contributed by atoms with E-state index in [2.05, 4.69) is 4.98 Å². The van der Waals surface area contributed by atoms with Gasteiger partial charge in [-0.2, -0.15) is 0 Å². The van der Waals surface area contributed by atoms with E-state index in [-0.39, 0.29) is 5.69 Å². The normalized spacial score (nSPS) is 11.1. The molecule has 0 atom stereocenters. The van der Waals surface area contributed by atoms with Crippen molar-refractivity contribution in [1.29, 1.82) is 0 Å². The highest BCUT2D eigenvalue weighted by Crippen LogP contribution is 2.18. The predicted molar refractivity (Wildman–Crippen MR) is 80.2 cm³/mol. The Balaban J connectivity index is 2.20. The van der Waals surface area contributed by atoms with Gasteiger partial charge in [0.2, 0.25) is 0 Å². The number of rotatable bonds is 3. The summed E-state index contributed by atoms with van der Waals surface area (Å²) >= 11 is 6.13. The number of aromatic nitrogens is 3. The number of fused-ring (bicyclic) bond motifs is 1. The first-order valence-electron chi connectivity index (χ1n) is 6.49. The van der Waals surface area contributed by atoms with E-state index in [1.165, 1.54) is 0 Å². The Morgan fingerprint density at radius 1 is 1.15 bits per heavy atom. The van der Waals surface area contributed by atoms with Crippen LogP contribution in [0.25, 0.3) is 11.0 Å². The van der Waals surface area contributed by atoms with E-state index in [0.717, 1.165) is 16.6 Å². The van der Waals surface area contributed by atoms with Crippen molar-refractivity contribution in [2.45, 2.75) is 20.0 Å². The van der Waals surface area contributed by atoms with Gasteiger partial charge in [-0.1, -0.05) is 23.7 Å². The van der Waals surface area contributed by atoms with Crippen LogP contribution in [0, 0.1) is 0 Å². The van der Waals surface area contributed by atoms with Crippen LogP contribution in [0.3, 0.4) is 0 Å². The van der Waals surface area contributed by atoms with Gasteiger partial charge in [-0.25, -0.2) is 4.79 Å². The molecular formula is C15H14ClN3O. The van der Waals surface area contributed by atoms with E-state index in [0.29, 0.717) is 18.1 Å². The molecule has 0 aliphatic carbocycles. The maximum Gasteiger partial charge on any atom is 0.329 e. The van der Waals surface area contributed by atoms with Gasteiger partial charge in [-0.15, -0.1) is 0 Å². The minimum atomic E-state index is -0.0124. The average molecular weight is 288 g/mol. The lowest BCUT2D eigenvalue weighted by atomic mass is 10.2. The van der Waals surface area contributed by atoms with Crippen LogP contribution < -0.4 is 5.69 Å². The molecule has 1 aromatic carbocycles. The standard InChI is InChI=1S/C15H14ClN3O/c1-2-18-13-5-3-4-6-14(13)19(15(18)20)10-11-7-8-17-9-12(11)16/h3-9H,2,10H2,1H3. The first-order chi connectivity index (χ1) is 9.72. The van der Waals surface area contributed by atoms with E-state index in [1.807, 2.05) is 37.3 Å². The van der Waals surface area contributed by atoms with Gasteiger partial charge in [0.15, 0.2) is 0 Å². The van der Waals surface area contributed by atoms with Crippen LogP contribution >= 0.6 is 11.6 Å². The maximum absolute atomic E-state index is 12.5. The summed E-state index contributed by atoms with van der Waals surface area (Å²) in [6.07, 6.45) is 3.28. The SMILES string of the molecule is CCn1c(=O)n(Cc2ccncc2Cl)c2ccccc21. The minimum absolute atomic E-state index is 0.0124. The molecule has 0 saturated heterocycles. The number of para-hydroxylation sites is 2. The monoisotopic (exact) mass is 287 g/mol. The molecule has 5 heteroatoms. The van der Waals surface area contributed by atoms with Crippen molar-refractivity contribution >= 4 is 22.6 Å². The summed E-state index contributed by atoms with van der Waals surface area (Å²) in [5.74, 6) is 0. The summed E-state index contributed by atoms with van der Waals surface area (Å²) in [4.78, 5) is 16.5. The smallest absolute Gasteiger partial charge is 0.292 e. The van der Waals surface area contributed by atoms with E-state index >= 15 is 0 Å². The fourth-order valence-corrected chi connectivity index (χ4v) is 2.61. The fourth-order valence-electron chi connectivity index (χ4n) is 2.43. The van der Waals surface area contributed by atoms with Crippen LogP contribution in [-0.4, -0.2) is 14.1 Å². The zero-order chi connectivity index (χ0) is 14.1. The van der Waals surface area contributed by atoms with Crippen LogP contribution in [0.2, 0.25) is 5.02 Å². The third kappa shape index (κ3) is 2.02. The molecule has 0 bridgehead atoms. The summed E-state index contributed by atoms with van der Waals surface area (Å²) in [7, 11) is 0. The van der Waals surface area contributed by atoms with Gasteiger partial charge in [0.05, 0.1) is 22.6 Å². The summed E-state index contributed by atoms with van der Waals surface area (Å²) in [5, 5.41) is 0.577. The molecule has 2 aromatic heterocycles. The number of halogens is 1. The number of aryl methyl sites for hydroxylation is 1. The van der Waals surface area contributed by atoms with Crippen LogP contribution in [0.1, 0.15) is 12.5 Å². The lowest BCUT2D eigenvalue weighted by molar-refractivity contribution is 0.684. The fraction of sp³-hybridized carbons (Fsp3) is 0.200. The Morgan fingerprint density at radius 2 is 1.85 bits per heavy atom. The van der Waals surface area contributed by atoms with Gasteiger partial charge in [-0.05, 0) is 30.7 Å². The molecular weight excluding hydrogens is 274 g/mol. The van der Waals surface area contributed by atoms with Crippen molar-refractivity contribution < 1.29 is 0 Å². The number of hydrogen-bond donors (Lipinski definition) is 0. The molecule has 0 amide bonds. The lowest BCUT2D eigenvalue weighted by Crippen LogP contribution is -2.24. The molecule has 2 heterocycles. The molecule has 0 unspecified atom stereocenters. The van der Waals surface area contributed by atoms with Gasteiger partial charge in [0.25, 0.3) is 0 Å². The minimum Gasteiger partial charge on any atom is -0.292 e. The lowest BCUT2D eigenvalue weighted by Gasteiger charge is -2.05. The first-order valence-corrected chi connectivity index (χ1v) is 6.86. The third-order valence-electron chi connectivity index (χ3n) is 3.43. The second-order valence-corrected chi connectivity index (χ2v) is 4.98. The van der Waals surface area contributed by atoms with E-state index in [9.17, 15) is 4.79 Å². The van der Waals surface area contributed by atoms with Crippen molar-refractivity contribution in [2.24, 2.45) is 0 Å².